The summed E-state index contributed by atoms with van der Waals surface area (Å²) >= 11 is 0. The van der Waals surface area contributed by atoms with E-state index in [9.17, 15) is 13.2 Å². The molecule has 0 spiro atoms. The Morgan fingerprint density at radius 3 is 2.27 bits per heavy atom. The fourth-order valence-corrected chi connectivity index (χ4v) is 4.26. The predicted molar refractivity (Wildman–Crippen MR) is 140 cm³/mol. The molecular weight excluding hydrogens is 492 g/mol. The van der Waals surface area contributed by atoms with Crippen LogP contribution in [0.2, 0.25) is 0 Å². The summed E-state index contributed by atoms with van der Waals surface area (Å²) in [6, 6.07) is 28.7. The molecule has 0 aliphatic heterocycles. The quantitative estimate of drug-likeness (QED) is 0.182. The lowest BCUT2D eigenvalue weighted by atomic mass is 10.1. The van der Waals surface area contributed by atoms with Crippen LogP contribution >= 0.6 is 0 Å². The number of amides is 1. The van der Waals surface area contributed by atoms with Crippen LogP contribution in [-0.4, -0.2) is 27.6 Å². The maximum absolute atomic E-state index is 12.9. The largest absolute Gasteiger partial charge is 0.497 e. The van der Waals surface area contributed by atoms with Crippen LogP contribution in [-0.2, 0) is 21.3 Å². The topological polar surface area (TPSA) is 103 Å². The van der Waals surface area contributed by atoms with E-state index in [0.717, 1.165) is 5.56 Å². The third-order valence-electron chi connectivity index (χ3n) is 5.10. The normalized spacial score (nSPS) is 11.2. The van der Waals surface area contributed by atoms with E-state index < -0.39 is 10.1 Å². The highest BCUT2D eigenvalue weighted by molar-refractivity contribution is 7.87. The Balaban J connectivity index is 1.40. The average molecular weight is 517 g/mol. The van der Waals surface area contributed by atoms with Gasteiger partial charge in [-0.1, -0.05) is 42.5 Å². The molecule has 0 aliphatic rings. The van der Waals surface area contributed by atoms with Gasteiger partial charge in [0.25, 0.3) is 0 Å². The Hall–Kier alpha value is -4.63. The number of carbonyl (C=O) groups is 1. The van der Waals surface area contributed by atoms with Crippen LogP contribution < -0.4 is 19.1 Å². The number of para-hydroxylation sites is 2. The molecule has 37 heavy (non-hydrogen) atoms. The first kappa shape index (κ1) is 25.5. The van der Waals surface area contributed by atoms with Crippen molar-refractivity contribution in [1.82, 2.24) is 5.43 Å². The van der Waals surface area contributed by atoms with Gasteiger partial charge in [0.2, 0.25) is 5.91 Å². The van der Waals surface area contributed by atoms with Crippen LogP contribution in [0, 0.1) is 0 Å². The van der Waals surface area contributed by atoms with Crippen LogP contribution in [0.25, 0.3) is 0 Å². The van der Waals surface area contributed by atoms with Crippen molar-refractivity contribution in [2.24, 2.45) is 5.10 Å². The fourth-order valence-electron chi connectivity index (χ4n) is 3.31. The van der Waals surface area contributed by atoms with Gasteiger partial charge in [-0.25, -0.2) is 5.43 Å². The van der Waals surface area contributed by atoms with Gasteiger partial charge in [0.05, 0.1) is 19.7 Å². The number of benzene rings is 4. The van der Waals surface area contributed by atoms with Crippen molar-refractivity contribution in [2.75, 3.05) is 7.11 Å². The van der Waals surface area contributed by atoms with Crippen LogP contribution in [0.15, 0.2) is 113 Å². The molecule has 4 rings (SSSR count). The molecule has 0 saturated heterocycles. The highest BCUT2D eigenvalue weighted by Gasteiger charge is 2.18. The Bertz CT molecular complexity index is 1490. The lowest BCUT2D eigenvalue weighted by Crippen LogP contribution is -2.19. The minimum atomic E-state index is -4.13. The lowest BCUT2D eigenvalue weighted by molar-refractivity contribution is -0.120. The van der Waals surface area contributed by atoms with E-state index in [2.05, 4.69) is 10.5 Å². The molecule has 0 fully saturated rings. The summed E-state index contributed by atoms with van der Waals surface area (Å²) in [6.45, 7) is 0. The standard InChI is InChI=1S/C28H24N2O6S/c1-34-25-12-7-8-21(18-25)19-28(31)30-29-20-22-9-5-6-13-27(22)36-37(32,33)26-16-14-24(15-17-26)35-23-10-3-2-4-11-23/h2-18,20H,19H2,1H3,(H,30,31)/b29-20+. The summed E-state index contributed by atoms with van der Waals surface area (Å²) in [4.78, 5) is 12.2. The van der Waals surface area contributed by atoms with Crippen LogP contribution in [0.1, 0.15) is 11.1 Å². The fraction of sp³-hybridized carbons (Fsp3) is 0.0714. The lowest BCUT2D eigenvalue weighted by Gasteiger charge is -2.10. The molecule has 0 aromatic heterocycles. The van der Waals surface area contributed by atoms with E-state index in [1.807, 2.05) is 18.2 Å². The van der Waals surface area contributed by atoms with Crippen LogP contribution in [0.5, 0.6) is 23.0 Å². The van der Waals surface area contributed by atoms with Crippen molar-refractivity contribution in [3.8, 4) is 23.0 Å². The molecule has 4 aromatic carbocycles. The SMILES string of the molecule is COc1cccc(CC(=O)N/N=C/c2ccccc2OS(=O)(=O)c2ccc(Oc3ccccc3)cc2)c1. The van der Waals surface area contributed by atoms with Crippen LogP contribution in [0.4, 0.5) is 0 Å². The minimum Gasteiger partial charge on any atom is -0.497 e. The first-order chi connectivity index (χ1) is 17.9. The Kier molecular flexibility index (Phi) is 8.17. The number of rotatable bonds is 10. The van der Waals surface area contributed by atoms with Crippen molar-refractivity contribution in [3.63, 3.8) is 0 Å². The number of carbonyl (C=O) groups excluding carboxylic acids is 1. The number of methoxy groups -OCH3 is 1. The molecule has 4 aromatic rings. The molecule has 9 heteroatoms. The zero-order valence-electron chi connectivity index (χ0n) is 19.9. The second kappa shape index (κ2) is 11.9. The molecular formula is C28H24N2O6S. The van der Waals surface area contributed by atoms with Crippen molar-refractivity contribution in [1.29, 1.82) is 0 Å². The molecule has 188 valence electrons. The van der Waals surface area contributed by atoms with Gasteiger partial charge in [-0.05, 0) is 66.2 Å². The monoisotopic (exact) mass is 516 g/mol. The number of hydrogen-bond donors (Lipinski definition) is 1. The summed E-state index contributed by atoms with van der Waals surface area (Å²) in [5, 5.41) is 3.95. The first-order valence-corrected chi connectivity index (χ1v) is 12.6. The van der Waals surface area contributed by atoms with Gasteiger partial charge in [-0.15, -0.1) is 0 Å². The highest BCUT2D eigenvalue weighted by Crippen LogP contribution is 2.25. The summed E-state index contributed by atoms with van der Waals surface area (Å²) in [6.07, 6.45) is 1.43. The zero-order valence-corrected chi connectivity index (χ0v) is 20.7. The average Bonchev–Trinajstić information content (AvgIpc) is 2.90. The highest BCUT2D eigenvalue weighted by atomic mass is 32.2. The number of hydrogen-bond acceptors (Lipinski definition) is 7. The van der Waals surface area contributed by atoms with Crippen molar-refractivity contribution < 1.29 is 26.9 Å². The molecule has 0 saturated carbocycles. The number of ether oxygens (including phenoxy) is 2. The summed E-state index contributed by atoms with van der Waals surface area (Å²) < 4.78 is 42.0. The smallest absolute Gasteiger partial charge is 0.339 e. The molecule has 0 unspecified atom stereocenters. The molecule has 1 amide bonds. The van der Waals surface area contributed by atoms with E-state index in [-0.39, 0.29) is 23.0 Å². The molecule has 8 nitrogen and oxygen atoms in total. The first-order valence-electron chi connectivity index (χ1n) is 11.2. The predicted octanol–water partition coefficient (Wildman–Crippen LogP) is 4.95. The van der Waals surface area contributed by atoms with Crippen molar-refractivity contribution in [2.45, 2.75) is 11.3 Å². The number of hydrazone groups is 1. The molecule has 0 radical (unpaired) electrons. The maximum Gasteiger partial charge on any atom is 0.339 e. The molecule has 0 heterocycles. The van der Waals surface area contributed by atoms with E-state index in [1.54, 1.807) is 73.8 Å². The minimum absolute atomic E-state index is 0.0359. The Labute approximate surface area is 215 Å². The summed E-state index contributed by atoms with van der Waals surface area (Å²) in [5.74, 6) is 1.51. The Morgan fingerprint density at radius 2 is 1.51 bits per heavy atom. The molecule has 0 atom stereocenters. The van der Waals surface area contributed by atoms with E-state index in [1.165, 1.54) is 24.4 Å². The van der Waals surface area contributed by atoms with Crippen molar-refractivity contribution >= 4 is 22.2 Å². The van der Waals surface area contributed by atoms with Gasteiger partial charge in [0.15, 0.2) is 5.75 Å². The van der Waals surface area contributed by atoms with Gasteiger partial charge in [-0.2, -0.15) is 13.5 Å². The van der Waals surface area contributed by atoms with Gasteiger partial charge in [-0.3, -0.25) is 4.79 Å². The third-order valence-corrected chi connectivity index (χ3v) is 6.35. The second-order valence-corrected chi connectivity index (χ2v) is 9.33. The third kappa shape index (κ3) is 7.18. The summed E-state index contributed by atoms with van der Waals surface area (Å²) in [7, 11) is -2.58. The molecule has 0 aliphatic carbocycles. The maximum atomic E-state index is 12.9. The van der Waals surface area contributed by atoms with Gasteiger partial charge in [0.1, 0.15) is 22.1 Å². The molecule has 0 bridgehead atoms. The van der Waals surface area contributed by atoms with E-state index in [4.69, 9.17) is 13.7 Å². The van der Waals surface area contributed by atoms with Gasteiger partial charge >= 0.3 is 10.1 Å². The molecule has 1 N–H and O–H groups in total. The van der Waals surface area contributed by atoms with Gasteiger partial charge in [0, 0.05) is 5.56 Å². The zero-order chi connectivity index (χ0) is 26.1. The summed E-state index contributed by atoms with van der Waals surface area (Å²) in [5.41, 5.74) is 3.57. The van der Waals surface area contributed by atoms with E-state index in [0.29, 0.717) is 22.8 Å². The Morgan fingerprint density at radius 1 is 0.838 bits per heavy atom. The van der Waals surface area contributed by atoms with Crippen molar-refractivity contribution in [3.05, 3.63) is 114 Å². The van der Waals surface area contributed by atoms with Gasteiger partial charge < -0.3 is 13.7 Å². The second-order valence-electron chi connectivity index (χ2n) is 7.78. The number of nitrogens with zero attached hydrogens (tertiary/aromatic N) is 1. The van der Waals surface area contributed by atoms with E-state index >= 15 is 0 Å². The van der Waals surface area contributed by atoms with Crippen LogP contribution in [0.3, 0.4) is 0 Å². The number of nitrogens with one attached hydrogen (secondary N) is 1.